The van der Waals surface area contributed by atoms with Crippen LogP contribution in [0.2, 0.25) is 0 Å². The molecule has 0 N–H and O–H groups in total. The monoisotopic (exact) mass is 395 g/mol. The summed E-state index contributed by atoms with van der Waals surface area (Å²) in [6.07, 6.45) is 5.47. The molecule has 0 atom stereocenters. The highest BCUT2D eigenvalue weighted by atomic mass is 16.5. The topological polar surface area (TPSA) is 98.7 Å². The van der Waals surface area contributed by atoms with Crippen LogP contribution >= 0.6 is 0 Å². The van der Waals surface area contributed by atoms with E-state index in [9.17, 15) is 9.59 Å². The molecule has 1 aromatic carbocycles. The molecule has 3 aromatic rings. The Kier molecular flexibility index (Phi) is 6.57. The van der Waals surface area contributed by atoms with E-state index in [1.807, 2.05) is 6.92 Å². The third kappa shape index (κ3) is 5.19. The third-order valence-electron chi connectivity index (χ3n) is 4.08. The van der Waals surface area contributed by atoms with Gasteiger partial charge in [0.25, 0.3) is 5.89 Å². The van der Waals surface area contributed by atoms with Crippen molar-refractivity contribution in [3.05, 3.63) is 65.8 Å². The maximum atomic E-state index is 12.6. The first-order valence-corrected chi connectivity index (χ1v) is 9.12. The Labute approximate surface area is 167 Å². The van der Waals surface area contributed by atoms with Crippen LogP contribution in [0.25, 0.3) is 17.7 Å². The molecule has 3 rings (SSSR count). The molecule has 8 nitrogen and oxygen atoms in total. The SMILES string of the molecule is CCCN(Cc1nnc(-c2ccco2)o1)C(=O)C=Cc1ccc(C(=O)OC)cc1. The van der Waals surface area contributed by atoms with Crippen molar-refractivity contribution in [3.63, 3.8) is 0 Å². The molecule has 0 aliphatic heterocycles. The predicted octanol–water partition coefficient (Wildman–Crippen LogP) is 3.57. The Morgan fingerprint density at radius 3 is 2.62 bits per heavy atom. The Morgan fingerprint density at radius 2 is 1.97 bits per heavy atom. The maximum absolute atomic E-state index is 12.6. The fourth-order valence-corrected chi connectivity index (χ4v) is 2.64. The van der Waals surface area contributed by atoms with Crippen molar-refractivity contribution in [3.8, 4) is 11.7 Å². The van der Waals surface area contributed by atoms with Crippen LogP contribution in [-0.2, 0) is 16.1 Å². The number of carbonyl (C=O) groups excluding carboxylic acids is 2. The number of nitrogens with zero attached hydrogens (tertiary/aromatic N) is 3. The highest BCUT2D eigenvalue weighted by molar-refractivity contribution is 5.92. The average molecular weight is 395 g/mol. The van der Waals surface area contributed by atoms with Crippen LogP contribution in [-0.4, -0.2) is 40.6 Å². The molecular formula is C21H21N3O5. The number of carbonyl (C=O) groups is 2. The number of furan rings is 1. The number of amides is 1. The molecule has 2 aromatic heterocycles. The molecule has 0 spiro atoms. The summed E-state index contributed by atoms with van der Waals surface area (Å²) in [4.78, 5) is 25.7. The third-order valence-corrected chi connectivity index (χ3v) is 4.08. The van der Waals surface area contributed by atoms with E-state index in [-0.39, 0.29) is 18.3 Å². The zero-order chi connectivity index (χ0) is 20.6. The molecule has 8 heteroatoms. The van der Waals surface area contributed by atoms with E-state index in [4.69, 9.17) is 8.83 Å². The van der Waals surface area contributed by atoms with Gasteiger partial charge < -0.3 is 18.5 Å². The number of methoxy groups -OCH3 is 1. The molecule has 1 amide bonds. The van der Waals surface area contributed by atoms with Crippen LogP contribution in [0.4, 0.5) is 0 Å². The van der Waals surface area contributed by atoms with Crippen molar-refractivity contribution in [2.75, 3.05) is 13.7 Å². The van der Waals surface area contributed by atoms with E-state index in [1.165, 1.54) is 19.4 Å². The Bertz CT molecular complexity index is 974. The maximum Gasteiger partial charge on any atom is 0.337 e. The summed E-state index contributed by atoms with van der Waals surface area (Å²) in [6.45, 7) is 2.73. The van der Waals surface area contributed by atoms with Gasteiger partial charge in [0.05, 0.1) is 25.5 Å². The van der Waals surface area contributed by atoms with E-state index in [0.29, 0.717) is 23.8 Å². The summed E-state index contributed by atoms with van der Waals surface area (Å²) >= 11 is 0. The lowest BCUT2D eigenvalue weighted by atomic mass is 10.1. The highest BCUT2D eigenvalue weighted by Gasteiger charge is 2.16. The molecule has 0 saturated heterocycles. The quantitative estimate of drug-likeness (QED) is 0.425. The molecule has 0 unspecified atom stereocenters. The standard InChI is InChI=1S/C21H21N3O5/c1-3-12-24(14-18-22-23-20(29-18)17-5-4-13-28-17)19(25)11-8-15-6-9-16(10-7-15)21(26)27-2/h4-11,13H,3,12,14H2,1-2H3. The number of benzene rings is 1. The molecule has 0 bridgehead atoms. The fraction of sp³-hybridized carbons (Fsp3) is 0.238. The first-order valence-electron chi connectivity index (χ1n) is 9.12. The summed E-state index contributed by atoms with van der Waals surface area (Å²) < 4.78 is 15.5. The highest BCUT2D eigenvalue weighted by Crippen LogP contribution is 2.18. The van der Waals surface area contributed by atoms with E-state index >= 15 is 0 Å². The Balaban J connectivity index is 1.66. The van der Waals surface area contributed by atoms with Gasteiger partial charge in [0, 0.05) is 12.6 Å². The van der Waals surface area contributed by atoms with Gasteiger partial charge >= 0.3 is 5.97 Å². The van der Waals surface area contributed by atoms with Crippen LogP contribution in [0.3, 0.4) is 0 Å². The molecule has 29 heavy (non-hydrogen) atoms. The number of ether oxygens (including phenoxy) is 1. The molecule has 0 aliphatic rings. The van der Waals surface area contributed by atoms with E-state index in [1.54, 1.807) is 47.4 Å². The van der Waals surface area contributed by atoms with E-state index in [0.717, 1.165) is 12.0 Å². The largest absolute Gasteiger partial charge is 0.465 e. The van der Waals surface area contributed by atoms with Gasteiger partial charge in [0.15, 0.2) is 5.76 Å². The Morgan fingerprint density at radius 1 is 1.17 bits per heavy atom. The van der Waals surface area contributed by atoms with Crippen LogP contribution < -0.4 is 0 Å². The van der Waals surface area contributed by atoms with E-state index < -0.39 is 5.97 Å². The number of esters is 1. The average Bonchev–Trinajstić information content (AvgIpc) is 3.43. The first kappa shape index (κ1) is 20.1. The van der Waals surface area contributed by atoms with Crippen molar-refractivity contribution < 1.29 is 23.2 Å². The smallest absolute Gasteiger partial charge is 0.337 e. The normalized spacial score (nSPS) is 11.0. The lowest BCUT2D eigenvalue weighted by Gasteiger charge is -2.18. The molecular weight excluding hydrogens is 374 g/mol. The summed E-state index contributed by atoms with van der Waals surface area (Å²) in [6, 6.07) is 10.2. The van der Waals surface area contributed by atoms with Gasteiger partial charge in [0.2, 0.25) is 11.8 Å². The zero-order valence-electron chi connectivity index (χ0n) is 16.2. The van der Waals surface area contributed by atoms with Gasteiger partial charge in [-0.3, -0.25) is 4.79 Å². The van der Waals surface area contributed by atoms with Gasteiger partial charge in [-0.05, 0) is 42.3 Å². The lowest BCUT2D eigenvalue weighted by molar-refractivity contribution is -0.126. The van der Waals surface area contributed by atoms with Gasteiger partial charge in [-0.2, -0.15) is 0 Å². The molecule has 0 fully saturated rings. The van der Waals surface area contributed by atoms with Crippen molar-refractivity contribution in [2.24, 2.45) is 0 Å². The van der Waals surface area contributed by atoms with Crippen LogP contribution in [0, 0.1) is 0 Å². The lowest BCUT2D eigenvalue weighted by Crippen LogP contribution is -2.29. The molecule has 0 saturated carbocycles. The van der Waals surface area contributed by atoms with Crippen molar-refractivity contribution in [2.45, 2.75) is 19.9 Å². The predicted molar refractivity (Wildman–Crippen MR) is 105 cm³/mol. The second-order valence-electron chi connectivity index (χ2n) is 6.18. The van der Waals surface area contributed by atoms with E-state index in [2.05, 4.69) is 14.9 Å². The van der Waals surface area contributed by atoms with Gasteiger partial charge in [0.1, 0.15) is 0 Å². The van der Waals surface area contributed by atoms with Crippen LogP contribution in [0.5, 0.6) is 0 Å². The number of hydrogen-bond donors (Lipinski definition) is 0. The number of rotatable bonds is 8. The summed E-state index contributed by atoms with van der Waals surface area (Å²) in [5.74, 6) is 0.498. The van der Waals surface area contributed by atoms with Crippen molar-refractivity contribution in [1.82, 2.24) is 15.1 Å². The minimum atomic E-state index is -0.404. The summed E-state index contributed by atoms with van der Waals surface area (Å²) in [7, 11) is 1.33. The molecule has 0 aliphatic carbocycles. The molecule has 150 valence electrons. The minimum absolute atomic E-state index is 0.179. The molecule has 0 radical (unpaired) electrons. The molecule has 2 heterocycles. The van der Waals surface area contributed by atoms with Crippen LogP contribution in [0.1, 0.15) is 35.2 Å². The fourth-order valence-electron chi connectivity index (χ4n) is 2.64. The zero-order valence-corrected chi connectivity index (χ0v) is 16.2. The second-order valence-corrected chi connectivity index (χ2v) is 6.18. The minimum Gasteiger partial charge on any atom is -0.465 e. The Hall–Kier alpha value is -3.68. The second kappa shape index (κ2) is 9.50. The number of hydrogen-bond acceptors (Lipinski definition) is 7. The van der Waals surface area contributed by atoms with Crippen molar-refractivity contribution in [1.29, 1.82) is 0 Å². The van der Waals surface area contributed by atoms with Crippen LogP contribution in [0.15, 0.2) is 57.6 Å². The van der Waals surface area contributed by atoms with Gasteiger partial charge in [-0.1, -0.05) is 19.1 Å². The van der Waals surface area contributed by atoms with Gasteiger partial charge in [-0.25, -0.2) is 4.79 Å². The van der Waals surface area contributed by atoms with Crippen molar-refractivity contribution >= 4 is 18.0 Å². The summed E-state index contributed by atoms with van der Waals surface area (Å²) in [5.41, 5.74) is 1.24. The summed E-state index contributed by atoms with van der Waals surface area (Å²) in [5, 5.41) is 7.94. The number of aromatic nitrogens is 2. The van der Waals surface area contributed by atoms with Gasteiger partial charge in [-0.15, -0.1) is 10.2 Å². The first-order chi connectivity index (χ1) is 14.1.